The molecule has 11 heteroatoms. The molecule has 2 N–H and O–H groups in total. The molecule has 0 saturated carbocycles. The molecule has 0 aliphatic heterocycles. The number of amides is 1. The van der Waals surface area contributed by atoms with Crippen LogP contribution in [0.5, 0.6) is 17.4 Å². The normalized spacial score (nSPS) is 11.5. The fourth-order valence-electron chi connectivity index (χ4n) is 3.04. The molecule has 0 aliphatic rings. The first-order valence-corrected chi connectivity index (χ1v) is 11.1. The molecule has 0 bridgehead atoms. The molecule has 2 aromatic carbocycles. The second-order valence-electron chi connectivity index (χ2n) is 8.90. The number of benzene rings is 2. The van der Waals surface area contributed by atoms with E-state index in [1.165, 1.54) is 18.2 Å². The van der Waals surface area contributed by atoms with Crippen LogP contribution in [0.2, 0.25) is 0 Å². The first-order chi connectivity index (χ1) is 17.3. The Morgan fingerprint density at radius 2 is 1.65 bits per heavy atom. The van der Waals surface area contributed by atoms with Gasteiger partial charge >= 0.3 is 18.2 Å². The van der Waals surface area contributed by atoms with E-state index in [2.05, 4.69) is 10.3 Å². The maximum atomic E-state index is 13.5. The number of ether oxygens (including phenoxy) is 3. The quantitative estimate of drug-likeness (QED) is 0.366. The number of rotatable bonds is 8. The fraction of sp³-hybridized carbons (Fsp3) is 0.269. The van der Waals surface area contributed by atoms with Crippen LogP contribution in [0.3, 0.4) is 0 Å². The van der Waals surface area contributed by atoms with Crippen molar-refractivity contribution in [2.24, 2.45) is 0 Å². The Balaban J connectivity index is 1.90. The summed E-state index contributed by atoms with van der Waals surface area (Å²) in [6.07, 6.45) is -5.62. The molecular formula is C26H25F3N2O6. The third kappa shape index (κ3) is 8.41. The zero-order chi connectivity index (χ0) is 27.2. The number of aromatic carboxylic acids is 1. The van der Waals surface area contributed by atoms with Gasteiger partial charge in [-0.2, -0.15) is 13.2 Å². The summed E-state index contributed by atoms with van der Waals surface area (Å²) in [5.74, 6) is -1.78. The molecule has 0 atom stereocenters. The number of carbonyl (C=O) groups excluding carboxylic acids is 1. The third-order valence-electron chi connectivity index (χ3n) is 4.63. The number of hydrogen-bond donors (Lipinski definition) is 2. The summed E-state index contributed by atoms with van der Waals surface area (Å²) in [5.41, 5.74) is -1.38. The van der Waals surface area contributed by atoms with E-state index in [0.717, 1.165) is 17.7 Å². The van der Waals surface area contributed by atoms with Crippen LogP contribution < -0.4 is 14.8 Å². The number of aromatic nitrogens is 1. The van der Waals surface area contributed by atoms with Gasteiger partial charge < -0.3 is 24.6 Å². The van der Waals surface area contributed by atoms with Gasteiger partial charge in [0.1, 0.15) is 17.9 Å². The smallest absolute Gasteiger partial charge is 0.433 e. The van der Waals surface area contributed by atoms with Crippen molar-refractivity contribution in [2.45, 2.75) is 45.7 Å². The minimum Gasteiger partial charge on any atom is -0.485 e. The van der Waals surface area contributed by atoms with E-state index < -0.39 is 35.4 Å². The lowest BCUT2D eigenvalue weighted by Gasteiger charge is -2.20. The number of hydrogen-bond acceptors (Lipinski definition) is 6. The van der Waals surface area contributed by atoms with Crippen molar-refractivity contribution in [3.63, 3.8) is 0 Å². The Kier molecular flexibility index (Phi) is 8.26. The van der Waals surface area contributed by atoms with Gasteiger partial charge in [-0.1, -0.05) is 30.3 Å². The lowest BCUT2D eigenvalue weighted by molar-refractivity contribution is -0.141. The summed E-state index contributed by atoms with van der Waals surface area (Å²) in [5, 5.41) is 11.7. The summed E-state index contributed by atoms with van der Waals surface area (Å²) in [4.78, 5) is 26.9. The van der Waals surface area contributed by atoms with Crippen LogP contribution in [-0.2, 0) is 24.1 Å². The molecule has 8 nitrogen and oxygen atoms in total. The molecule has 0 unspecified atom stereocenters. The zero-order valence-electron chi connectivity index (χ0n) is 20.3. The van der Waals surface area contributed by atoms with Crippen LogP contribution in [0.1, 0.15) is 48.0 Å². The molecule has 0 radical (unpaired) electrons. The number of nitrogens with zero attached hydrogens (tertiary/aromatic N) is 1. The van der Waals surface area contributed by atoms with Gasteiger partial charge in [0.25, 0.3) is 0 Å². The fourth-order valence-corrected chi connectivity index (χ4v) is 3.04. The van der Waals surface area contributed by atoms with Crippen LogP contribution in [-0.4, -0.2) is 27.8 Å². The van der Waals surface area contributed by atoms with E-state index in [4.69, 9.17) is 14.2 Å². The van der Waals surface area contributed by atoms with Crippen molar-refractivity contribution in [1.82, 2.24) is 10.3 Å². The molecule has 0 fully saturated rings. The van der Waals surface area contributed by atoms with Crippen LogP contribution in [0.25, 0.3) is 0 Å². The van der Waals surface area contributed by atoms with E-state index in [1.54, 1.807) is 20.8 Å². The molecule has 0 saturated heterocycles. The predicted octanol–water partition coefficient (Wildman–Crippen LogP) is 6.19. The number of alkyl carbamates (subject to hydrolysis) is 1. The van der Waals surface area contributed by atoms with Gasteiger partial charge in [-0.3, -0.25) is 0 Å². The summed E-state index contributed by atoms with van der Waals surface area (Å²) in [6, 6.07) is 14.8. The van der Waals surface area contributed by atoms with Crippen LogP contribution >= 0.6 is 0 Å². The molecule has 3 rings (SSSR count). The maximum Gasteiger partial charge on any atom is 0.433 e. The number of pyridine rings is 1. The van der Waals surface area contributed by atoms with E-state index in [-0.39, 0.29) is 35.8 Å². The first-order valence-electron chi connectivity index (χ1n) is 11.1. The standard InChI is InChI=1S/C26H25F3N2O6/c1-25(2,3)37-24(34)30-14-17-11-21(26(27,28)29)31-22(12-17)36-20-13-18(23(32)33)9-10-19(20)35-15-16-7-5-4-6-8-16/h4-13H,14-15H2,1-3H3,(H,30,34)(H,32,33). The Morgan fingerprint density at radius 1 is 0.946 bits per heavy atom. The molecule has 196 valence electrons. The highest BCUT2D eigenvalue weighted by molar-refractivity contribution is 5.88. The SMILES string of the molecule is CC(C)(C)OC(=O)NCc1cc(Oc2cc(C(=O)O)ccc2OCc2ccccc2)nc(C(F)(F)F)c1. The highest BCUT2D eigenvalue weighted by atomic mass is 19.4. The molecule has 0 spiro atoms. The molecule has 1 aromatic heterocycles. The highest BCUT2D eigenvalue weighted by Gasteiger charge is 2.33. The highest BCUT2D eigenvalue weighted by Crippen LogP contribution is 2.35. The largest absolute Gasteiger partial charge is 0.485 e. The number of alkyl halides is 3. The molecular weight excluding hydrogens is 493 g/mol. The van der Waals surface area contributed by atoms with E-state index in [9.17, 15) is 27.9 Å². The lowest BCUT2D eigenvalue weighted by atomic mass is 10.2. The lowest BCUT2D eigenvalue weighted by Crippen LogP contribution is -2.32. The number of halogens is 3. The van der Waals surface area contributed by atoms with Crippen molar-refractivity contribution in [2.75, 3.05) is 0 Å². The molecule has 37 heavy (non-hydrogen) atoms. The van der Waals surface area contributed by atoms with Crippen LogP contribution in [0.4, 0.5) is 18.0 Å². The van der Waals surface area contributed by atoms with E-state index in [1.807, 2.05) is 30.3 Å². The average molecular weight is 518 g/mol. The summed E-state index contributed by atoms with van der Waals surface area (Å²) < 4.78 is 57.1. The predicted molar refractivity (Wildman–Crippen MR) is 127 cm³/mol. The van der Waals surface area contributed by atoms with Gasteiger partial charge in [-0.25, -0.2) is 14.6 Å². The first kappa shape index (κ1) is 27.3. The Hall–Kier alpha value is -4.28. The van der Waals surface area contributed by atoms with E-state index >= 15 is 0 Å². The number of nitrogens with one attached hydrogen (secondary N) is 1. The third-order valence-corrected chi connectivity index (χ3v) is 4.63. The minimum atomic E-state index is -4.81. The van der Waals surface area contributed by atoms with Crippen molar-refractivity contribution in [3.8, 4) is 17.4 Å². The van der Waals surface area contributed by atoms with Crippen LogP contribution in [0.15, 0.2) is 60.7 Å². The monoisotopic (exact) mass is 518 g/mol. The zero-order valence-corrected chi connectivity index (χ0v) is 20.3. The van der Waals surface area contributed by atoms with Gasteiger partial charge in [0.15, 0.2) is 11.5 Å². The summed E-state index contributed by atoms with van der Waals surface area (Å²) >= 11 is 0. The molecule has 0 aliphatic carbocycles. The van der Waals surface area contributed by atoms with Gasteiger partial charge in [-0.05, 0) is 56.2 Å². The minimum absolute atomic E-state index is 0.0318. The molecule has 1 heterocycles. The second kappa shape index (κ2) is 11.2. The average Bonchev–Trinajstić information content (AvgIpc) is 2.81. The molecule has 3 aromatic rings. The Bertz CT molecular complexity index is 1260. The van der Waals surface area contributed by atoms with Gasteiger partial charge in [0, 0.05) is 12.6 Å². The number of carboxylic acid groups (broad SMARTS) is 1. The summed E-state index contributed by atoms with van der Waals surface area (Å²) in [6.45, 7) is 4.74. The molecule has 1 amide bonds. The topological polar surface area (TPSA) is 107 Å². The van der Waals surface area contributed by atoms with Crippen molar-refractivity contribution in [1.29, 1.82) is 0 Å². The Labute approximate surface area is 211 Å². The van der Waals surface area contributed by atoms with Crippen LogP contribution in [0, 0.1) is 0 Å². The summed E-state index contributed by atoms with van der Waals surface area (Å²) in [7, 11) is 0. The van der Waals surface area contributed by atoms with E-state index in [0.29, 0.717) is 0 Å². The maximum absolute atomic E-state index is 13.5. The van der Waals surface area contributed by atoms with Crippen molar-refractivity contribution in [3.05, 3.63) is 83.0 Å². The number of carbonyl (C=O) groups is 2. The second-order valence-corrected chi connectivity index (χ2v) is 8.90. The van der Waals surface area contributed by atoms with Crippen molar-refractivity contribution >= 4 is 12.1 Å². The van der Waals surface area contributed by atoms with Gasteiger partial charge in [0.2, 0.25) is 5.88 Å². The number of carboxylic acids is 1. The van der Waals surface area contributed by atoms with Gasteiger partial charge in [-0.15, -0.1) is 0 Å². The van der Waals surface area contributed by atoms with Crippen molar-refractivity contribution < 1.29 is 42.1 Å². The van der Waals surface area contributed by atoms with Gasteiger partial charge in [0.05, 0.1) is 5.56 Å². The Morgan fingerprint density at radius 3 is 2.27 bits per heavy atom.